The molecule has 0 radical (unpaired) electrons. The number of hydrogen-bond donors (Lipinski definition) is 1. The number of nitrogens with one attached hydrogen (secondary N) is 1. The van der Waals surface area contributed by atoms with Gasteiger partial charge < -0.3 is 9.47 Å². The average Bonchev–Trinajstić information content (AvgIpc) is 2.83. The van der Waals surface area contributed by atoms with Crippen LogP contribution in [0.25, 0.3) is 0 Å². The number of rotatable bonds is 6. The van der Waals surface area contributed by atoms with Crippen molar-refractivity contribution in [2.75, 3.05) is 29.0 Å². The Kier molecular flexibility index (Phi) is 5.46. The Morgan fingerprint density at radius 3 is 2.10 bits per heavy atom. The van der Waals surface area contributed by atoms with Crippen LogP contribution in [-0.4, -0.2) is 42.7 Å². The lowest BCUT2D eigenvalue weighted by atomic mass is 9.95. The van der Waals surface area contributed by atoms with E-state index in [1.807, 2.05) is 0 Å². The van der Waals surface area contributed by atoms with E-state index < -0.39 is 31.4 Å². The van der Waals surface area contributed by atoms with Crippen LogP contribution < -0.4 is 18.5 Å². The van der Waals surface area contributed by atoms with Gasteiger partial charge in [-0.05, 0) is 50.2 Å². The molecule has 30 heavy (non-hydrogen) atoms. The Bertz CT molecular complexity index is 1190. The van der Waals surface area contributed by atoms with E-state index in [9.17, 15) is 21.6 Å². The molecule has 162 valence electrons. The van der Waals surface area contributed by atoms with Gasteiger partial charge in [-0.3, -0.25) is 9.52 Å². The second-order valence-electron chi connectivity index (χ2n) is 7.38. The van der Waals surface area contributed by atoms with Crippen molar-refractivity contribution < 1.29 is 31.1 Å². The molecule has 2 aromatic carbocycles. The second kappa shape index (κ2) is 7.47. The van der Waals surface area contributed by atoms with E-state index in [2.05, 4.69) is 4.72 Å². The summed E-state index contributed by atoms with van der Waals surface area (Å²) in [5.41, 5.74) is -0.690. The number of carbonyl (C=O) groups is 1. The van der Waals surface area contributed by atoms with Crippen molar-refractivity contribution in [1.82, 2.24) is 0 Å². The number of amides is 1. The second-order valence-corrected chi connectivity index (χ2v) is 10.9. The van der Waals surface area contributed by atoms with Crippen LogP contribution >= 0.6 is 0 Å². The third kappa shape index (κ3) is 3.94. The summed E-state index contributed by atoms with van der Waals surface area (Å²) in [6, 6.07) is 9.62. The number of methoxy groups -OCH3 is 2. The van der Waals surface area contributed by atoms with Gasteiger partial charge in [-0.2, -0.15) is 0 Å². The maximum atomic E-state index is 12.7. The summed E-state index contributed by atoms with van der Waals surface area (Å²) in [6.45, 7) is 3.11. The van der Waals surface area contributed by atoms with Gasteiger partial charge >= 0.3 is 0 Å². The molecule has 0 bridgehead atoms. The summed E-state index contributed by atoms with van der Waals surface area (Å²) in [6.07, 6.45) is 0. The Hall–Kier alpha value is -2.79. The van der Waals surface area contributed by atoms with Crippen LogP contribution in [0.2, 0.25) is 0 Å². The minimum Gasteiger partial charge on any atom is -0.493 e. The topological polar surface area (TPSA) is 119 Å². The first-order valence-corrected chi connectivity index (χ1v) is 11.9. The molecule has 1 saturated heterocycles. The maximum absolute atomic E-state index is 12.7. The molecule has 0 saturated carbocycles. The van der Waals surface area contributed by atoms with Gasteiger partial charge in [0.05, 0.1) is 41.7 Å². The molecule has 0 spiro atoms. The van der Waals surface area contributed by atoms with E-state index >= 15 is 0 Å². The molecule has 1 aliphatic heterocycles. The Labute approximate surface area is 175 Å². The smallest absolute Gasteiger partial charge is 0.261 e. The maximum Gasteiger partial charge on any atom is 0.261 e. The highest BCUT2D eigenvalue weighted by Gasteiger charge is 2.49. The summed E-state index contributed by atoms with van der Waals surface area (Å²) in [5.74, 6) is -0.0566. The number of hydrogen-bond acceptors (Lipinski definition) is 7. The summed E-state index contributed by atoms with van der Waals surface area (Å²) in [4.78, 5) is 12.4. The van der Waals surface area contributed by atoms with E-state index in [1.165, 1.54) is 50.6 Å². The lowest BCUT2D eigenvalue weighted by Crippen LogP contribution is -2.32. The van der Waals surface area contributed by atoms with Crippen LogP contribution in [-0.2, 0) is 24.8 Å². The fourth-order valence-corrected chi connectivity index (χ4v) is 6.29. The van der Waals surface area contributed by atoms with Crippen LogP contribution in [0.1, 0.15) is 13.8 Å². The highest BCUT2D eigenvalue weighted by molar-refractivity contribution is 7.94. The number of nitrogens with zero attached hydrogens (tertiary/aromatic N) is 1. The van der Waals surface area contributed by atoms with Crippen molar-refractivity contribution in [3.05, 3.63) is 42.5 Å². The summed E-state index contributed by atoms with van der Waals surface area (Å²) < 4.78 is 63.6. The number of carbonyl (C=O) groups excluding carboxylic acids is 1. The molecule has 0 aliphatic carbocycles. The number of benzene rings is 2. The van der Waals surface area contributed by atoms with Crippen molar-refractivity contribution in [3.63, 3.8) is 0 Å². The standard InChI is InChI=1S/C19H22N2O7S2/c1-19(2)12-29(23,24)21(18(19)22)14-6-8-15(9-7-14)30(25,26)20-13-5-10-16(27-3)17(11-13)28-4/h5-11,20H,12H2,1-4H3. The van der Waals surface area contributed by atoms with Gasteiger partial charge in [0, 0.05) is 6.07 Å². The van der Waals surface area contributed by atoms with Crippen molar-refractivity contribution in [3.8, 4) is 11.5 Å². The molecule has 2 aromatic rings. The van der Waals surface area contributed by atoms with E-state index in [0.29, 0.717) is 11.5 Å². The van der Waals surface area contributed by atoms with Gasteiger partial charge in [0.1, 0.15) is 0 Å². The normalized spacial score (nSPS) is 17.6. The first-order valence-electron chi connectivity index (χ1n) is 8.84. The van der Waals surface area contributed by atoms with E-state index in [1.54, 1.807) is 19.9 Å². The number of ether oxygens (including phenoxy) is 2. The number of sulfonamides is 2. The first-order chi connectivity index (χ1) is 13.9. The molecule has 0 aromatic heterocycles. The average molecular weight is 455 g/mol. The van der Waals surface area contributed by atoms with E-state index in [0.717, 1.165) is 4.31 Å². The molecule has 1 fully saturated rings. The number of anilines is 2. The zero-order valence-electron chi connectivity index (χ0n) is 16.9. The molecule has 1 N–H and O–H groups in total. The predicted octanol–water partition coefficient (Wildman–Crippen LogP) is 2.21. The minimum absolute atomic E-state index is 0.0932. The molecule has 11 heteroatoms. The lowest BCUT2D eigenvalue weighted by molar-refractivity contribution is -0.123. The van der Waals surface area contributed by atoms with E-state index in [-0.39, 0.29) is 22.0 Å². The van der Waals surface area contributed by atoms with Crippen LogP contribution in [0.3, 0.4) is 0 Å². The third-order valence-electron chi connectivity index (χ3n) is 4.60. The Morgan fingerprint density at radius 1 is 1.00 bits per heavy atom. The molecular formula is C19H22N2O7S2. The fraction of sp³-hybridized carbons (Fsp3) is 0.316. The van der Waals surface area contributed by atoms with Crippen LogP contribution in [0.5, 0.6) is 11.5 Å². The molecule has 1 amide bonds. The van der Waals surface area contributed by atoms with Crippen LogP contribution in [0, 0.1) is 5.41 Å². The molecule has 1 aliphatic rings. The van der Waals surface area contributed by atoms with Gasteiger partial charge in [0.2, 0.25) is 15.9 Å². The minimum atomic E-state index is -3.96. The largest absolute Gasteiger partial charge is 0.493 e. The van der Waals surface area contributed by atoms with Crippen molar-refractivity contribution in [2.24, 2.45) is 5.41 Å². The van der Waals surface area contributed by atoms with Gasteiger partial charge in [-0.15, -0.1) is 0 Å². The Balaban J connectivity index is 1.88. The van der Waals surface area contributed by atoms with Crippen LogP contribution in [0.4, 0.5) is 11.4 Å². The van der Waals surface area contributed by atoms with Crippen LogP contribution in [0.15, 0.2) is 47.4 Å². The summed E-state index contributed by atoms with van der Waals surface area (Å²) in [5, 5.41) is 0. The van der Waals surface area contributed by atoms with Gasteiger partial charge in [0.25, 0.3) is 10.0 Å². The first kappa shape index (κ1) is 21.9. The molecule has 9 nitrogen and oxygen atoms in total. The fourth-order valence-electron chi connectivity index (χ4n) is 3.14. The van der Waals surface area contributed by atoms with Crippen molar-refractivity contribution in [2.45, 2.75) is 18.7 Å². The molecule has 0 unspecified atom stereocenters. The predicted molar refractivity (Wildman–Crippen MR) is 112 cm³/mol. The quantitative estimate of drug-likeness (QED) is 0.711. The van der Waals surface area contributed by atoms with Crippen molar-refractivity contribution >= 4 is 37.3 Å². The lowest BCUT2D eigenvalue weighted by Gasteiger charge is -2.18. The molecule has 1 heterocycles. The van der Waals surface area contributed by atoms with E-state index in [4.69, 9.17) is 9.47 Å². The molecular weight excluding hydrogens is 432 g/mol. The molecule has 0 atom stereocenters. The third-order valence-corrected chi connectivity index (χ3v) is 8.02. The molecule has 3 rings (SSSR count). The zero-order valence-corrected chi connectivity index (χ0v) is 18.5. The van der Waals surface area contributed by atoms with Gasteiger partial charge in [-0.1, -0.05) is 0 Å². The summed E-state index contributed by atoms with van der Waals surface area (Å²) in [7, 11) is -4.88. The summed E-state index contributed by atoms with van der Waals surface area (Å²) >= 11 is 0. The van der Waals surface area contributed by atoms with Gasteiger partial charge in [-0.25, -0.2) is 21.1 Å². The Morgan fingerprint density at radius 2 is 1.60 bits per heavy atom. The monoisotopic (exact) mass is 454 g/mol. The SMILES string of the molecule is COc1ccc(NS(=O)(=O)c2ccc(N3C(=O)C(C)(C)CS3(=O)=O)cc2)cc1OC. The van der Waals surface area contributed by atoms with Crippen molar-refractivity contribution in [1.29, 1.82) is 0 Å². The zero-order chi connectivity index (χ0) is 22.3. The highest BCUT2D eigenvalue weighted by Crippen LogP contribution is 2.36. The highest BCUT2D eigenvalue weighted by atomic mass is 32.2. The van der Waals surface area contributed by atoms with Gasteiger partial charge in [0.15, 0.2) is 11.5 Å².